The first-order chi connectivity index (χ1) is 9.91. The van der Waals surface area contributed by atoms with Crippen LogP contribution in [0.15, 0.2) is 18.2 Å². The second-order valence-corrected chi connectivity index (χ2v) is 5.93. The molecule has 1 amide bonds. The Morgan fingerprint density at radius 1 is 1.48 bits per heavy atom. The molecule has 0 aliphatic carbocycles. The predicted molar refractivity (Wildman–Crippen MR) is 78.6 cm³/mol. The SMILES string of the molecule is CC1(CNC(=O)c2cc([N+](=O)[O-])ccc2Cl)CCOCC1. The third-order valence-electron chi connectivity index (χ3n) is 3.78. The van der Waals surface area contributed by atoms with Crippen molar-refractivity contribution in [2.45, 2.75) is 19.8 Å². The molecule has 0 radical (unpaired) electrons. The maximum Gasteiger partial charge on any atom is 0.270 e. The highest BCUT2D eigenvalue weighted by Crippen LogP contribution is 2.29. The van der Waals surface area contributed by atoms with Crippen molar-refractivity contribution >= 4 is 23.2 Å². The summed E-state index contributed by atoms with van der Waals surface area (Å²) in [5.41, 5.74) is -0.0375. The van der Waals surface area contributed by atoms with E-state index in [-0.39, 0.29) is 21.7 Å². The van der Waals surface area contributed by atoms with Crippen LogP contribution in [-0.2, 0) is 4.74 Å². The number of rotatable bonds is 4. The van der Waals surface area contributed by atoms with E-state index in [1.54, 1.807) is 0 Å². The van der Waals surface area contributed by atoms with E-state index in [1.807, 2.05) is 0 Å². The Morgan fingerprint density at radius 2 is 2.14 bits per heavy atom. The van der Waals surface area contributed by atoms with E-state index >= 15 is 0 Å². The van der Waals surface area contributed by atoms with Crippen LogP contribution in [-0.4, -0.2) is 30.6 Å². The van der Waals surface area contributed by atoms with Crippen molar-refractivity contribution in [1.29, 1.82) is 0 Å². The maximum atomic E-state index is 12.2. The molecule has 114 valence electrons. The highest BCUT2D eigenvalue weighted by molar-refractivity contribution is 6.33. The van der Waals surface area contributed by atoms with Crippen LogP contribution in [0.4, 0.5) is 5.69 Å². The van der Waals surface area contributed by atoms with Gasteiger partial charge in [-0.2, -0.15) is 0 Å². The molecule has 1 aliphatic heterocycles. The number of carbonyl (C=O) groups excluding carboxylic acids is 1. The molecule has 0 spiro atoms. The lowest BCUT2D eigenvalue weighted by molar-refractivity contribution is -0.384. The highest BCUT2D eigenvalue weighted by Gasteiger charge is 2.28. The van der Waals surface area contributed by atoms with Gasteiger partial charge in [0.25, 0.3) is 11.6 Å². The zero-order valence-electron chi connectivity index (χ0n) is 11.7. The third-order valence-corrected chi connectivity index (χ3v) is 4.11. The fourth-order valence-corrected chi connectivity index (χ4v) is 2.43. The molecule has 2 rings (SSSR count). The van der Waals surface area contributed by atoms with Crippen molar-refractivity contribution in [2.75, 3.05) is 19.8 Å². The largest absolute Gasteiger partial charge is 0.381 e. The van der Waals surface area contributed by atoms with Crippen LogP contribution in [0.5, 0.6) is 0 Å². The molecule has 21 heavy (non-hydrogen) atoms. The van der Waals surface area contributed by atoms with E-state index in [4.69, 9.17) is 16.3 Å². The lowest BCUT2D eigenvalue weighted by Crippen LogP contribution is -2.39. The molecular weight excluding hydrogens is 296 g/mol. The first-order valence-corrected chi connectivity index (χ1v) is 7.09. The molecule has 1 heterocycles. The maximum absolute atomic E-state index is 12.2. The van der Waals surface area contributed by atoms with Gasteiger partial charge in [0.2, 0.25) is 0 Å². The van der Waals surface area contributed by atoms with Gasteiger partial charge in [0.05, 0.1) is 15.5 Å². The molecule has 1 N–H and O–H groups in total. The Kier molecular flexibility index (Phi) is 4.80. The summed E-state index contributed by atoms with van der Waals surface area (Å²) in [6, 6.07) is 3.84. The van der Waals surface area contributed by atoms with Gasteiger partial charge in [0.1, 0.15) is 0 Å². The van der Waals surface area contributed by atoms with Crippen molar-refractivity contribution in [3.63, 3.8) is 0 Å². The van der Waals surface area contributed by atoms with Gasteiger partial charge in [0.15, 0.2) is 0 Å². The average Bonchev–Trinajstić information content (AvgIpc) is 2.46. The minimum Gasteiger partial charge on any atom is -0.381 e. The number of nitro benzene ring substituents is 1. The van der Waals surface area contributed by atoms with Gasteiger partial charge in [-0.1, -0.05) is 18.5 Å². The molecule has 1 aromatic carbocycles. The number of ether oxygens (including phenoxy) is 1. The minimum atomic E-state index is -0.549. The van der Waals surface area contributed by atoms with Crippen molar-refractivity contribution in [1.82, 2.24) is 5.32 Å². The van der Waals surface area contributed by atoms with E-state index in [1.165, 1.54) is 18.2 Å². The molecular formula is C14H17ClN2O4. The number of carbonyl (C=O) groups is 1. The lowest BCUT2D eigenvalue weighted by Gasteiger charge is -2.33. The topological polar surface area (TPSA) is 81.5 Å². The van der Waals surface area contributed by atoms with Crippen molar-refractivity contribution in [3.8, 4) is 0 Å². The lowest BCUT2D eigenvalue weighted by atomic mass is 9.82. The summed E-state index contributed by atoms with van der Waals surface area (Å²) < 4.78 is 5.31. The Bertz CT molecular complexity index is 556. The zero-order valence-corrected chi connectivity index (χ0v) is 12.5. The first-order valence-electron chi connectivity index (χ1n) is 6.71. The Labute approximate surface area is 127 Å². The number of nitrogens with zero attached hydrogens (tertiary/aromatic N) is 1. The van der Waals surface area contributed by atoms with Crippen molar-refractivity contribution in [3.05, 3.63) is 38.9 Å². The predicted octanol–water partition coefficient (Wildman–Crippen LogP) is 2.79. The summed E-state index contributed by atoms with van der Waals surface area (Å²) in [7, 11) is 0. The minimum absolute atomic E-state index is 0.0128. The van der Waals surface area contributed by atoms with E-state index in [0.29, 0.717) is 19.8 Å². The molecule has 7 heteroatoms. The molecule has 6 nitrogen and oxygen atoms in total. The number of halogens is 1. The zero-order chi connectivity index (χ0) is 15.5. The number of nitro groups is 1. The summed E-state index contributed by atoms with van der Waals surface area (Å²) in [4.78, 5) is 22.4. The van der Waals surface area contributed by atoms with Gasteiger partial charge in [-0.3, -0.25) is 14.9 Å². The van der Waals surface area contributed by atoms with Crippen LogP contribution in [0.1, 0.15) is 30.1 Å². The fraction of sp³-hybridized carbons (Fsp3) is 0.500. The highest BCUT2D eigenvalue weighted by atomic mass is 35.5. The second kappa shape index (κ2) is 6.41. The Morgan fingerprint density at radius 3 is 2.76 bits per heavy atom. The summed E-state index contributed by atoms with van der Waals surface area (Å²) in [5, 5.41) is 13.8. The first kappa shape index (κ1) is 15.7. The van der Waals surface area contributed by atoms with Gasteiger partial charge < -0.3 is 10.1 Å². The molecule has 1 aromatic rings. The summed E-state index contributed by atoms with van der Waals surface area (Å²) >= 11 is 5.95. The fourth-order valence-electron chi connectivity index (χ4n) is 2.23. The second-order valence-electron chi connectivity index (χ2n) is 5.53. The van der Waals surface area contributed by atoms with E-state index in [2.05, 4.69) is 12.2 Å². The smallest absolute Gasteiger partial charge is 0.270 e. The number of nitrogens with one attached hydrogen (secondary N) is 1. The van der Waals surface area contributed by atoms with Gasteiger partial charge in [-0.05, 0) is 24.3 Å². The van der Waals surface area contributed by atoms with Gasteiger partial charge in [0, 0.05) is 31.9 Å². The number of non-ortho nitro benzene ring substituents is 1. The van der Waals surface area contributed by atoms with Crippen LogP contribution in [0.2, 0.25) is 5.02 Å². The van der Waals surface area contributed by atoms with Crippen molar-refractivity contribution < 1.29 is 14.5 Å². The van der Waals surface area contributed by atoms with Crippen LogP contribution in [0.3, 0.4) is 0 Å². The molecule has 1 fully saturated rings. The molecule has 1 saturated heterocycles. The number of amides is 1. The van der Waals surface area contributed by atoms with Gasteiger partial charge in [-0.25, -0.2) is 0 Å². The molecule has 0 saturated carbocycles. The molecule has 0 atom stereocenters. The number of hydrogen-bond donors (Lipinski definition) is 1. The van der Waals surface area contributed by atoms with E-state index < -0.39 is 10.8 Å². The summed E-state index contributed by atoms with van der Waals surface area (Å²) in [5.74, 6) is -0.392. The third kappa shape index (κ3) is 3.92. The summed E-state index contributed by atoms with van der Waals surface area (Å²) in [6.07, 6.45) is 1.74. The van der Waals surface area contributed by atoms with E-state index in [9.17, 15) is 14.9 Å². The number of hydrogen-bond acceptors (Lipinski definition) is 4. The Balaban J connectivity index is 2.06. The van der Waals surface area contributed by atoms with Crippen LogP contribution >= 0.6 is 11.6 Å². The quantitative estimate of drug-likeness (QED) is 0.684. The molecule has 1 aliphatic rings. The van der Waals surface area contributed by atoms with Gasteiger partial charge in [-0.15, -0.1) is 0 Å². The summed E-state index contributed by atoms with van der Waals surface area (Å²) in [6.45, 7) is 3.95. The van der Waals surface area contributed by atoms with Crippen molar-refractivity contribution in [2.24, 2.45) is 5.41 Å². The molecule has 0 unspecified atom stereocenters. The van der Waals surface area contributed by atoms with Gasteiger partial charge >= 0.3 is 0 Å². The molecule has 0 bridgehead atoms. The average molecular weight is 313 g/mol. The molecule has 0 aromatic heterocycles. The monoisotopic (exact) mass is 312 g/mol. The standard InChI is InChI=1S/C14H17ClN2O4/c1-14(4-6-21-7-5-14)9-16-13(18)11-8-10(17(19)20)2-3-12(11)15/h2-3,8H,4-7,9H2,1H3,(H,16,18). The van der Waals surface area contributed by atoms with Crippen LogP contribution in [0.25, 0.3) is 0 Å². The van der Waals surface area contributed by atoms with E-state index in [0.717, 1.165) is 12.8 Å². The van der Waals surface area contributed by atoms with Crippen LogP contribution in [0, 0.1) is 15.5 Å². The van der Waals surface area contributed by atoms with Crippen LogP contribution < -0.4 is 5.32 Å². The normalized spacial score (nSPS) is 17.2. The number of benzene rings is 1. The Hall–Kier alpha value is -1.66.